The number of benzene rings is 1. The molecule has 0 fully saturated rings. The van der Waals surface area contributed by atoms with Crippen molar-refractivity contribution in [2.45, 2.75) is 24.6 Å². The van der Waals surface area contributed by atoms with Crippen molar-refractivity contribution in [3.8, 4) is 0 Å². The van der Waals surface area contributed by atoms with E-state index in [2.05, 4.69) is 21.2 Å². The van der Waals surface area contributed by atoms with E-state index < -0.39 is 0 Å². The molecule has 0 bridgehead atoms. The second kappa shape index (κ2) is 10.9. The third-order valence-electron chi connectivity index (χ3n) is 3.31. The molecule has 1 heterocycles. The number of carbonyl (C=O) groups is 1. The van der Waals surface area contributed by atoms with E-state index in [0.29, 0.717) is 21.8 Å². The summed E-state index contributed by atoms with van der Waals surface area (Å²) in [4.78, 5) is 12.1. The van der Waals surface area contributed by atoms with Crippen molar-refractivity contribution in [2.24, 2.45) is 0 Å². The van der Waals surface area contributed by atoms with Gasteiger partial charge in [-0.2, -0.15) is 11.8 Å². The Morgan fingerprint density at radius 2 is 2.20 bits per heavy atom. The Bertz CT molecular complexity index is 700. The maximum Gasteiger partial charge on any atom is 0.277 e. The summed E-state index contributed by atoms with van der Waals surface area (Å²) in [6, 6.07) is 5.37. The SMILES string of the molecule is CSCC[C@H]([NH3+])c1nnc(SCC(=O)Nc2cccc(Cl)c2C)o1.[Cl-]. The smallest absolute Gasteiger partial charge is 0.277 e. The molecule has 6 nitrogen and oxygen atoms in total. The summed E-state index contributed by atoms with van der Waals surface area (Å²) >= 11 is 8.99. The standard InChI is InChI=1S/C15H19ClN4O2S2.ClH/c1-9-10(16)4-3-5-12(9)18-13(21)8-24-15-20-19-14(22-15)11(17)6-7-23-2;/h3-5,11H,6-8,17H2,1-2H3,(H,18,21);1H/t11-;/m0./s1. The van der Waals surface area contributed by atoms with Crippen LogP contribution in [0.25, 0.3) is 0 Å². The lowest BCUT2D eigenvalue weighted by Crippen LogP contribution is -3.00. The Balaban J connectivity index is 0.00000312. The van der Waals surface area contributed by atoms with Crippen LogP contribution in [0.2, 0.25) is 5.02 Å². The molecule has 1 aromatic carbocycles. The number of nitrogens with one attached hydrogen (secondary N) is 1. The molecule has 2 rings (SSSR count). The van der Waals surface area contributed by atoms with Gasteiger partial charge in [-0.25, -0.2) is 0 Å². The summed E-state index contributed by atoms with van der Waals surface area (Å²) in [5, 5.41) is 11.8. The Morgan fingerprint density at radius 3 is 2.92 bits per heavy atom. The highest BCUT2D eigenvalue weighted by atomic mass is 35.5. The van der Waals surface area contributed by atoms with E-state index in [1.165, 1.54) is 11.8 Å². The molecule has 1 aromatic heterocycles. The number of thioether (sulfide) groups is 2. The predicted molar refractivity (Wildman–Crippen MR) is 98.5 cm³/mol. The van der Waals surface area contributed by atoms with Crippen LogP contribution in [0, 0.1) is 6.92 Å². The normalized spacial score (nSPS) is 11.7. The molecule has 0 radical (unpaired) electrons. The maximum absolute atomic E-state index is 12.1. The average molecular weight is 423 g/mol. The van der Waals surface area contributed by atoms with Crippen LogP contribution in [0.4, 0.5) is 5.69 Å². The summed E-state index contributed by atoms with van der Waals surface area (Å²) in [6.45, 7) is 1.86. The number of aromatic nitrogens is 2. The molecule has 0 saturated heterocycles. The Labute approximate surface area is 166 Å². The van der Waals surface area contributed by atoms with Crippen LogP contribution in [0.1, 0.15) is 23.9 Å². The van der Waals surface area contributed by atoms with Gasteiger partial charge < -0.3 is 27.9 Å². The minimum absolute atomic E-state index is 0. The fourth-order valence-corrected chi connectivity index (χ4v) is 3.15. The van der Waals surface area contributed by atoms with E-state index >= 15 is 0 Å². The van der Waals surface area contributed by atoms with Crippen molar-refractivity contribution in [1.82, 2.24) is 10.2 Å². The van der Waals surface area contributed by atoms with Crippen LogP contribution < -0.4 is 23.5 Å². The van der Waals surface area contributed by atoms with Gasteiger partial charge in [-0.15, -0.1) is 10.2 Å². The first-order valence-electron chi connectivity index (χ1n) is 7.34. The summed E-state index contributed by atoms with van der Waals surface area (Å²) < 4.78 is 5.55. The van der Waals surface area contributed by atoms with Crippen molar-refractivity contribution >= 4 is 46.7 Å². The largest absolute Gasteiger partial charge is 1.00 e. The maximum atomic E-state index is 12.1. The topological polar surface area (TPSA) is 95.7 Å². The number of hydrogen-bond acceptors (Lipinski definition) is 6. The van der Waals surface area contributed by atoms with Crippen molar-refractivity contribution in [2.75, 3.05) is 23.1 Å². The van der Waals surface area contributed by atoms with Gasteiger partial charge in [0.05, 0.1) is 5.75 Å². The van der Waals surface area contributed by atoms with Crippen LogP contribution in [0.5, 0.6) is 0 Å². The summed E-state index contributed by atoms with van der Waals surface area (Å²) in [6.07, 6.45) is 2.92. The second-order valence-corrected chi connectivity index (χ2v) is 7.45. The van der Waals surface area contributed by atoms with Crippen molar-refractivity contribution in [3.63, 3.8) is 0 Å². The fraction of sp³-hybridized carbons (Fsp3) is 0.400. The van der Waals surface area contributed by atoms with Gasteiger partial charge in [0.15, 0.2) is 6.04 Å². The van der Waals surface area contributed by atoms with Gasteiger partial charge in [0, 0.05) is 17.1 Å². The molecule has 0 spiro atoms. The molecule has 138 valence electrons. The van der Waals surface area contributed by atoms with E-state index in [9.17, 15) is 4.79 Å². The van der Waals surface area contributed by atoms with E-state index in [-0.39, 0.29) is 30.1 Å². The van der Waals surface area contributed by atoms with Gasteiger partial charge in [0.2, 0.25) is 5.91 Å². The molecule has 0 saturated carbocycles. The van der Waals surface area contributed by atoms with Crippen LogP contribution in [0.15, 0.2) is 27.8 Å². The number of rotatable bonds is 8. The zero-order chi connectivity index (χ0) is 17.5. The number of quaternary nitrogens is 1. The molecule has 25 heavy (non-hydrogen) atoms. The zero-order valence-electron chi connectivity index (χ0n) is 13.9. The minimum atomic E-state index is -0.154. The van der Waals surface area contributed by atoms with Crippen LogP contribution >= 0.6 is 35.1 Å². The van der Waals surface area contributed by atoms with Gasteiger partial charge in [-0.05, 0) is 36.6 Å². The van der Waals surface area contributed by atoms with Crippen LogP contribution in [-0.2, 0) is 4.79 Å². The number of hydrogen-bond donors (Lipinski definition) is 2. The highest BCUT2D eigenvalue weighted by Crippen LogP contribution is 2.24. The number of nitrogens with zero attached hydrogens (tertiary/aromatic N) is 2. The number of carbonyl (C=O) groups excluding carboxylic acids is 1. The Kier molecular flexibility index (Phi) is 9.66. The first-order chi connectivity index (χ1) is 11.5. The van der Waals surface area contributed by atoms with E-state index in [1.807, 2.05) is 19.2 Å². The number of amides is 1. The molecule has 0 aliphatic carbocycles. The fourth-order valence-electron chi connectivity index (χ4n) is 1.88. The van der Waals surface area contributed by atoms with E-state index in [4.69, 9.17) is 16.0 Å². The van der Waals surface area contributed by atoms with Gasteiger partial charge >= 0.3 is 0 Å². The van der Waals surface area contributed by atoms with Gasteiger partial charge in [0.25, 0.3) is 11.1 Å². The van der Waals surface area contributed by atoms with Gasteiger partial charge in [-0.1, -0.05) is 29.4 Å². The van der Waals surface area contributed by atoms with Crippen molar-refractivity contribution in [1.29, 1.82) is 0 Å². The third kappa shape index (κ3) is 6.71. The van der Waals surface area contributed by atoms with Crippen LogP contribution in [0.3, 0.4) is 0 Å². The first-order valence-corrected chi connectivity index (χ1v) is 10.1. The summed E-state index contributed by atoms with van der Waals surface area (Å²) in [7, 11) is 0. The molecule has 0 unspecified atom stereocenters. The minimum Gasteiger partial charge on any atom is -1.00 e. The highest BCUT2D eigenvalue weighted by molar-refractivity contribution is 7.99. The van der Waals surface area contributed by atoms with Gasteiger partial charge in [-0.3, -0.25) is 4.79 Å². The molecule has 1 amide bonds. The lowest BCUT2D eigenvalue weighted by Gasteiger charge is -2.08. The molecular formula is C15H20Cl2N4O2S2. The highest BCUT2D eigenvalue weighted by Gasteiger charge is 2.18. The zero-order valence-corrected chi connectivity index (χ0v) is 17.1. The first kappa shape index (κ1) is 22.1. The predicted octanol–water partition coefficient (Wildman–Crippen LogP) is -0.198. The monoisotopic (exact) mass is 422 g/mol. The van der Waals surface area contributed by atoms with Gasteiger partial charge in [0.1, 0.15) is 0 Å². The molecule has 4 N–H and O–H groups in total. The summed E-state index contributed by atoms with van der Waals surface area (Å²) in [5.41, 5.74) is 5.56. The Morgan fingerprint density at radius 1 is 1.44 bits per heavy atom. The molecule has 0 aliphatic heterocycles. The lowest BCUT2D eigenvalue weighted by molar-refractivity contribution is -0.432. The molecule has 1 atom stereocenters. The number of anilines is 1. The third-order valence-corrected chi connectivity index (χ3v) is 5.18. The van der Waals surface area contributed by atoms with E-state index in [0.717, 1.165) is 17.7 Å². The summed E-state index contributed by atoms with van der Waals surface area (Å²) in [5.74, 6) is 1.52. The van der Waals surface area contributed by atoms with Crippen molar-refractivity contribution in [3.05, 3.63) is 34.7 Å². The quantitative estimate of drug-likeness (QED) is 0.572. The van der Waals surface area contributed by atoms with Crippen molar-refractivity contribution < 1.29 is 27.4 Å². The Hall–Kier alpha value is -0.930. The molecule has 2 aromatic rings. The molecule has 10 heteroatoms. The molecule has 0 aliphatic rings. The van der Waals surface area contributed by atoms with Crippen LogP contribution in [-0.4, -0.2) is 33.9 Å². The number of halogens is 2. The second-order valence-electron chi connectivity index (χ2n) is 5.13. The average Bonchev–Trinajstić information content (AvgIpc) is 3.04. The molecular weight excluding hydrogens is 403 g/mol. The van der Waals surface area contributed by atoms with E-state index in [1.54, 1.807) is 23.9 Å². The lowest BCUT2D eigenvalue weighted by atomic mass is 10.2.